The van der Waals surface area contributed by atoms with E-state index in [9.17, 15) is 19.7 Å². The van der Waals surface area contributed by atoms with Crippen molar-refractivity contribution in [2.75, 3.05) is 5.32 Å². The van der Waals surface area contributed by atoms with Gasteiger partial charge in [-0.25, -0.2) is 10.1 Å². The second kappa shape index (κ2) is 9.19. The van der Waals surface area contributed by atoms with Gasteiger partial charge in [-0.1, -0.05) is 29.5 Å². The third-order valence-electron chi connectivity index (χ3n) is 3.85. The molecule has 152 valence electrons. The maximum Gasteiger partial charge on any atom is 0.278 e. The van der Waals surface area contributed by atoms with Crippen LogP contribution >= 0.6 is 0 Å². The minimum absolute atomic E-state index is 0.113. The van der Waals surface area contributed by atoms with Crippen LogP contribution in [0, 0.1) is 10.1 Å². The van der Waals surface area contributed by atoms with Crippen LogP contribution in [0.15, 0.2) is 59.8 Å². The molecule has 2 N–H and O–H groups in total. The largest absolute Gasteiger partial charge is 0.326 e. The minimum Gasteiger partial charge on any atom is -0.326 e. The van der Waals surface area contributed by atoms with Crippen LogP contribution in [0.1, 0.15) is 12.5 Å². The molecule has 0 fully saturated rings. The van der Waals surface area contributed by atoms with Crippen molar-refractivity contribution in [2.24, 2.45) is 5.10 Å². The molecule has 0 radical (unpaired) electrons. The van der Waals surface area contributed by atoms with Crippen molar-refractivity contribution in [1.29, 1.82) is 0 Å². The van der Waals surface area contributed by atoms with Gasteiger partial charge < -0.3 is 5.32 Å². The van der Waals surface area contributed by atoms with Crippen molar-refractivity contribution in [3.8, 4) is 11.3 Å². The Kier molecular flexibility index (Phi) is 6.23. The van der Waals surface area contributed by atoms with E-state index in [1.807, 2.05) is 0 Å². The average Bonchev–Trinajstić information content (AvgIpc) is 3.16. The number of hydrazone groups is 1. The van der Waals surface area contributed by atoms with Crippen LogP contribution in [-0.4, -0.2) is 37.9 Å². The molecule has 30 heavy (non-hydrogen) atoms. The highest BCUT2D eigenvalue weighted by Crippen LogP contribution is 2.20. The Bertz CT molecular complexity index is 1120. The van der Waals surface area contributed by atoms with E-state index in [-0.39, 0.29) is 23.7 Å². The smallest absolute Gasteiger partial charge is 0.278 e. The number of rotatable bonds is 7. The molecule has 0 aliphatic heterocycles. The lowest BCUT2D eigenvalue weighted by Gasteiger charge is -2.03. The zero-order chi connectivity index (χ0) is 21.5. The van der Waals surface area contributed by atoms with Crippen molar-refractivity contribution in [3.05, 3.63) is 70.4 Å². The number of hydrogen-bond donors (Lipinski definition) is 2. The third-order valence-corrected chi connectivity index (χ3v) is 3.85. The van der Waals surface area contributed by atoms with E-state index in [1.54, 1.807) is 42.6 Å². The van der Waals surface area contributed by atoms with Gasteiger partial charge in [-0.15, -0.1) is 5.10 Å². The Balaban J connectivity index is 1.62. The molecule has 0 aliphatic rings. The molecule has 0 aliphatic carbocycles. The molecule has 0 saturated carbocycles. The van der Waals surface area contributed by atoms with Crippen LogP contribution in [0.3, 0.4) is 0 Å². The zero-order valence-corrected chi connectivity index (χ0v) is 15.8. The number of carbonyl (C=O) groups excluding carboxylic acids is 2. The number of hydrogen-bond acceptors (Lipinski definition) is 7. The summed E-state index contributed by atoms with van der Waals surface area (Å²) >= 11 is 0. The van der Waals surface area contributed by atoms with E-state index in [2.05, 4.69) is 26.2 Å². The molecule has 0 atom stereocenters. The van der Waals surface area contributed by atoms with E-state index in [1.165, 1.54) is 30.0 Å². The third kappa shape index (κ3) is 5.32. The molecule has 1 heterocycles. The lowest BCUT2D eigenvalue weighted by atomic mass is 10.1. The van der Waals surface area contributed by atoms with Gasteiger partial charge >= 0.3 is 0 Å². The highest BCUT2D eigenvalue weighted by molar-refractivity contribution is 5.89. The Morgan fingerprint density at radius 3 is 2.80 bits per heavy atom. The number of benzene rings is 2. The van der Waals surface area contributed by atoms with Crippen molar-refractivity contribution in [1.82, 2.24) is 20.4 Å². The monoisotopic (exact) mass is 407 g/mol. The van der Waals surface area contributed by atoms with Crippen molar-refractivity contribution < 1.29 is 14.5 Å². The fourth-order valence-electron chi connectivity index (χ4n) is 2.59. The molecular weight excluding hydrogens is 390 g/mol. The van der Waals surface area contributed by atoms with Crippen LogP contribution < -0.4 is 10.7 Å². The number of amides is 2. The van der Waals surface area contributed by atoms with Gasteiger partial charge in [0.15, 0.2) is 0 Å². The standard InChI is InChI=1S/C19H17N7O4/c1-13(27)21-16-7-4-6-14(9-16)17-11-25(24-22-17)12-19(28)23-20-10-15-5-2-3-8-18(15)26(29)30/h2-11H,12H2,1H3,(H,21,27)(H,23,28). The van der Waals surface area contributed by atoms with Gasteiger partial charge in [0.25, 0.3) is 11.6 Å². The summed E-state index contributed by atoms with van der Waals surface area (Å²) in [4.78, 5) is 33.7. The molecule has 0 bridgehead atoms. The van der Waals surface area contributed by atoms with Crippen molar-refractivity contribution >= 4 is 29.4 Å². The van der Waals surface area contributed by atoms with Crippen molar-refractivity contribution in [3.63, 3.8) is 0 Å². The molecule has 3 rings (SSSR count). The Morgan fingerprint density at radius 1 is 1.23 bits per heavy atom. The first-order chi connectivity index (χ1) is 14.4. The average molecular weight is 407 g/mol. The number of carbonyl (C=O) groups is 2. The van der Waals surface area contributed by atoms with Gasteiger partial charge in [0.05, 0.1) is 22.9 Å². The molecule has 0 saturated heterocycles. The summed E-state index contributed by atoms with van der Waals surface area (Å²) < 4.78 is 1.33. The van der Waals surface area contributed by atoms with Gasteiger partial charge in [-0.05, 0) is 18.2 Å². The maximum absolute atomic E-state index is 12.0. The first kappa shape index (κ1) is 20.3. The number of nitro benzene ring substituents is 1. The summed E-state index contributed by atoms with van der Waals surface area (Å²) in [6.07, 6.45) is 2.79. The lowest BCUT2D eigenvalue weighted by molar-refractivity contribution is -0.385. The Morgan fingerprint density at radius 2 is 2.03 bits per heavy atom. The number of nitrogens with zero attached hydrogens (tertiary/aromatic N) is 5. The van der Waals surface area contributed by atoms with Crippen molar-refractivity contribution in [2.45, 2.75) is 13.5 Å². The highest BCUT2D eigenvalue weighted by atomic mass is 16.6. The van der Waals surface area contributed by atoms with E-state index >= 15 is 0 Å². The lowest BCUT2D eigenvalue weighted by Crippen LogP contribution is -2.23. The molecule has 0 spiro atoms. The van der Waals surface area contributed by atoms with Gasteiger partial charge in [0, 0.05) is 24.2 Å². The summed E-state index contributed by atoms with van der Waals surface area (Å²) in [5.41, 5.74) is 4.33. The van der Waals surface area contributed by atoms with E-state index < -0.39 is 10.8 Å². The predicted octanol–water partition coefficient (Wildman–Crippen LogP) is 1.96. The summed E-state index contributed by atoms with van der Waals surface area (Å²) in [5, 5.41) is 25.3. The predicted molar refractivity (Wildman–Crippen MR) is 109 cm³/mol. The number of aromatic nitrogens is 3. The zero-order valence-electron chi connectivity index (χ0n) is 15.8. The Labute approximate surface area is 170 Å². The fraction of sp³-hybridized carbons (Fsp3) is 0.105. The summed E-state index contributed by atoms with van der Waals surface area (Å²) in [7, 11) is 0. The number of para-hydroxylation sites is 1. The van der Waals surface area contributed by atoms with Gasteiger partial charge in [0.2, 0.25) is 5.91 Å². The SMILES string of the molecule is CC(=O)Nc1cccc(-c2cn(CC(=O)NN=Cc3ccccc3[N+](=O)[O-])nn2)c1. The van der Waals surface area contributed by atoms with Gasteiger partial charge in [0.1, 0.15) is 12.2 Å². The second-order valence-electron chi connectivity index (χ2n) is 6.17. The van der Waals surface area contributed by atoms with Crippen LogP contribution in [0.25, 0.3) is 11.3 Å². The van der Waals surface area contributed by atoms with Gasteiger partial charge in [-0.2, -0.15) is 5.10 Å². The molecular formula is C19H17N7O4. The normalized spacial score (nSPS) is 10.7. The first-order valence-corrected chi connectivity index (χ1v) is 8.76. The first-order valence-electron chi connectivity index (χ1n) is 8.76. The van der Waals surface area contributed by atoms with Crippen LogP contribution in [0.4, 0.5) is 11.4 Å². The van der Waals surface area contributed by atoms with E-state index in [0.717, 1.165) is 5.56 Å². The fourth-order valence-corrected chi connectivity index (χ4v) is 2.59. The second-order valence-corrected chi connectivity index (χ2v) is 6.17. The Hall–Kier alpha value is -4.41. The van der Waals surface area contributed by atoms with E-state index in [0.29, 0.717) is 11.4 Å². The van der Waals surface area contributed by atoms with E-state index in [4.69, 9.17) is 0 Å². The topological polar surface area (TPSA) is 144 Å². The highest BCUT2D eigenvalue weighted by Gasteiger charge is 2.11. The summed E-state index contributed by atoms with van der Waals surface area (Å²) in [6.45, 7) is 1.27. The molecule has 11 nitrogen and oxygen atoms in total. The minimum atomic E-state index is -0.527. The number of nitro groups is 1. The quantitative estimate of drug-likeness (QED) is 0.348. The summed E-state index contributed by atoms with van der Waals surface area (Å²) in [6, 6.07) is 13.1. The van der Waals surface area contributed by atoms with Crippen LogP contribution in [0.2, 0.25) is 0 Å². The molecule has 2 amide bonds. The molecule has 11 heteroatoms. The molecule has 3 aromatic rings. The van der Waals surface area contributed by atoms with Crippen LogP contribution in [0.5, 0.6) is 0 Å². The van der Waals surface area contributed by atoms with Crippen LogP contribution in [-0.2, 0) is 16.1 Å². The molecule has 1 aromatic heterocycles. The molecule has 2 aromatic carbocycles. The number of nitrogens with one attached hydrogen (secondary N) is 2. The maximum atomic E-state index is 12.0. The molecule has 0 unspecified atom stereocenters. The summed E-state index contributed by atoms with van der Waals surface area (Å²) in [5.74, 6) is -0.665. The van der Waals surface area contributed by atoms with Gasteiger partial charge in [-0.3, -0.25) is 19.7 Å². The number of anilines is 1.